The summed E-state index contributed by atoms with van der Waals surface area (Å²) in [5.41, 5.74) is 2.75. The Bertz CT molecular complexity index is 1470. The molecule has 2 aromatic heterocycles. The molecule has 170 valence electrons. The molecule has 8 heteroatoms. The number of H-pyrrole nitrogens is 1. The predicted octanol–water partition coefficient (Wildman–Crippen LogP) is 5.68. The van der Waals surface area contributed by atoms with Crippen molar-refractivity contribution in [1.82, 2.24) is 14.8 Å². The molecule has 0 aliphatic rings. The van der Waals surface area contributed by atoms with Gasteiger partial charge >= 0.3 is 0 Å². The van der Waals surface area contributed by atoms with Crippen molar-refractivity contribution in [3.63, 3.8) is 0 Å². The van der Waals surface area contributed by atoms with Gasteiger partial charge in [0.1, 0.15) is 35.5 Å². The first-order chi connectivity index (χ1) is 16.5. The molecular weight excluding hydrogens is 438 g/mol. The third-order valence-corrected chi connectivity index (χ3v) is 5.39. The first-order valence-corrected chi connectivity index (χ1v) is 10.6. The molecule has 0 atom stereocenters. The van der Waals surface area contributed by atoms with Crippen LogP contribution in [0.5, 0.6) is 5.75 Å². The van der Waals surface area contributed by atoms with Crippen molar-refractivity contribution in [2.75, 3.05) is 5.32 Å². The van der Waals surface area contributed by atoms with Gasteiger partial charge in [-0.25, -0.2) is 8.78 Å². The van der Waals surface area contributed by atoms with Gasteiger partial charge in [0.05, 0.1) is 5.69 Å². The molecule has 6 nitrogen and oxygen atoms in total. The third-order valence-electron chi connectivity index (χ3n) is 5.39. The van der Waals surface area contributed by atoms with E-state index < -0.39 is 11.6 Å². The molecular formula is C26H20F2N4O2. The van der Waals surface area contributed by atoms with Gasteiger partial charge in [-0.3, -0.25) is 9.48 Å². The van der Waals surface area contributed by atoms with Gasteiger partial charge in [0.2, 0.25) is 0 Å². The number of carbonyl (C=O) groups is 1. The number of nitrogens with one attached hydrogen (secondary N) is 2. The van der Waals surface area contributed by atoms with Crippen LogP contribution in [-0.4, -0.2) is 20.7 Å². The molecule has 3 aromatic carbocycles. The maximum atomic E-state index is 13.6. The summed E-state index contributed by atoms with van der Waals surface area (Å²) >= 11 is 0. The largest absolute Gasteiger partial charge is 0.488 e. The van der Waals surface area contributed by atoms with Crippen molar-refractivity contribution in [2.24, 2.45) is 7.05 Å². The van der Waals surface area contributed by atoms with E-state index in [1.165, 1.54) is 16.8 Å². The van der Waals surface area contributed by atoms with E-state index >= 15 is 0 Å². The summed E-state index contributed by atoms with van der Waals surface area (Å²) < 4.78 is 34.6. The average molecular weight is 458 g/mol. The number of hydrogen-bond donors (Lipinski definition) is 2. The molecule has 0 aliphatic heterocycles. The van der Waals surface area contributed by atoms with Crippen molar-refractivity contribution in [1.29, 1.82) is 0 Å². The monoisotopic (exact) mass is 458 g/mol. The van der Waals surface area contributed by atoms with Crippen LogP contribution in [0.4, 0.5) is 14.6 Å². The summed E-state index contributed by atoms with van der Waals surface area (Å²) in [6.45, 7) is 0.408. The highest BCUT2D eigenvalue weighted by Gasteiger charge is 2.16. The number of hydrogen-bond acceptors (Lipinski definition) is 3. The zero-order valence-electron chi connectivity index (χ0n) is 18.2. The Morgan fingerprint density at radius 3 is 2.53 bits per heavy atom. The number of aryl methyl sites for hydroxylation is 1. The second-order valence-electron chi connectivity index (χ2n) is 7.83. The normalized spacial score (nSPS) is 11.0. The van der Waals surface area contributed by atoms with Gasteiger partial charge in [-0.1, -0.05) is 36.4 Å². The molecule has 2 N–H and O–H groups in total. The molecule has 2 heterocycles. The minimum atomic E-state index is -0.699. The van der Waals surface area contributed by atoms with Crippen LogP contribution in [0.2, 0.25) is 0 Å². The van der Waals surface area contributed by atoms with Crippen LogP contribution >= 0.6 is 0 Å². The standard InChI is InChI=1S/C26H20F2N4O2/c1-32-25(14-22(31-32)17-10-18(27)12-19(28)11-17)30-26(33)23-13-20-21(29-23)8-5-9-24(20)34-15-16-6-3-2-4-7-16/h2-14,29H,15H2,1H3,(H,30,33). The minimum Gasteiger partial charge on any atom is -0.488 e. The number of carbonyl (C=O) groups excluding carboxylic acids is 1. The number of aromatic amines is 1. The number of aromatic nitrogens is 3. The second kappa shape index (κ2) is 8.82. The highest BCUT2D eigenvalue weighted by atomic mass is 19.1. The van der Waals surface area contributed by atoms with E-state index in [4.69, 9.17) is 4.74 Å². The van der Waals surface area contributed by atoms with Gasteiger partial charge < -0.3 is 15.0 Å². The smallest absolute Gasteiger partial charge is 0.273 e. The number of amides is 1. The molecule has 0 unspecified atom stereocenters. The molecule has 0 fully saturated rings. The number of anilines is 1. The van der Waals surface area contributed by atoms with E-state index in [0.29, 0.717) is 29.6 Å². The topological polar surface area (TPSA) is 71.9 Å². The molecule has 5 rings (SSSR count). The van der Waals surface area contributed by atoms with Crippen LogP contribution in [0, 0.1) is 11.6 Å². The lowest BCUT2D eigenvalue weighted by Crippen LogP contribution is -2.14. The first kappa shape index (κ1) is 21.4. The lowest BCUT2D eigenvalue weighted by Gasteiger charge is -2.07. The van der Waals surface area contributed by atoms with E-state index in [9.17, 15) is 13.6 Å². The highest BCUT2D eigenvalue weighted by molar-refractivity contribution is 6.06. The molecule has 0 saturated heterocycles. The van der Waals surface area contributed by atoms with Crippen molar-refractivity contribution in [3.8, 4) is 17.0 Å². The van der Waals surface area contributed by atoms with Crippen LogP contribution < -0.4 is 10.1 Å². The summed E-state index contributed by atoms with van der Waals surface area (Å²) in [4.78, 5) is 16.0. The molecule has 0 saturated carbocycles. The quantitative estimate of drug-likeness (QED) is 0.344. The molecule has 1 amide bonds. The Kier molecular flexibility index (Phi) is 5.55. The Balaban J connectivity index is 1.36. The predicted molar refractivity (Wildman–Crippen MR) is 126 cm³/mol. The summed E-state index contributed by atoms with van der Waals surface area (Å²) in [6.07, 6.45) is 0. The van der Waals surface area contributed by atoms with Crippen molar-refractivity contribution in [3.05, 3.63) is 102 Å². The number of nitrogens with zero attached hydrogens (tertiary/aromatic N) is 2. The lowest BCUT2D eigenvalue weighted by atomic mass is 10.1. The van der Waals surface area contributed by atoms with Crippen LogP contribution in [-0.2, 0) is 13.7 Å². The van der Waals surface area contributed by atoms with Gasteiger partial charge in [0.25, 0.3) is 5.91 Å². The Morgan fingerprint density at radius 1 is 1.00 bits per heavy atom. The Labute approximate surface area is 193 Å². The summed E-state index contributed by atoms with van der Waals surface area (Å²) in [5.74, 6) is -0.745. The number of ether oxygens (including phenoxy) is 1. The van der Waals surface area contributed by atoms with Gasteiger partial charge in [-0.05, 0) is 35.9 Å². The van der Waals surface area contributed by atoms with Gasteiger partial charge in [-0.15, -0.1) is 0 Å². The van der Waals surface area contributed by atoms with E-state index in [2.05, 4.69) is 15.4 Å². The van der Waals surface area contributed by atoms with Crippen molar-refractivity contribution < 1.29 is 18.3 Å². The van der Waals surface area contributed by atoms with Crippen molar-refractivity contribution in [2.45, 2.75) is 6.61 Å². The van der Waals surface area contributed by atoms with Crippen LogP contribution in [0.15, 0.2) is 78.9 Å². The van der Waals surface area contributed by atoms with E-state index in [1.807, 2.05) is 48.5 Å². The molecule has 34 heavy (non-hydrogen) atoms. The van der Waals surface area contributed by atoms with Gasteiger partial charge in [-0.2, -0.15) is 5.10 Å². The Morgan fingerprint density at radius 2 is 1.76 bits per heavy atom. The fraction of sp³-hybridized carbons (Fsp3) is 0.0769. The molecule has 0 radical (unpaired) electrons. The molecule has 0 spiro atoms. The molecule has 5 aromatic rings. The summed E-state index contributed by atoms with van der Waals surface area (Å²) in [7, 11) is 1.63. The number of fused-ring (bicyclic) bond motifs is 1. The first-order valence-electron chi connectivity index (χ1n) is 10.6. The van der Waals surface area contributed by atoms with E-state index in [0.717, 1.165) is 22.5 Å². The van der Waals surface area contributed by atoms with Gasteiger partial charge in [0.15, 0.2) is 0 Å². The zero-order chi connectivity index (χ0) is 23.7. The van der Waals surface area contributed by atoms with Crippen LogP contribution in [0.1, 0.15) is 16.1 Å². The Hall–Kier alpha value is -4.46. The lowest BCUT2D eigenvalue weighted by molar-refractivity contribution is 0.102. The van der Waals surface area contributed by atoms with Crippen LogP contribution in [0.25, 0.3) is 22.2 Å². The summed E-state index contributed by atoms with van der Waals surface area (Å²) in [6, 6.07) is 21.8. The van der Waals surface area contributed by atoms with Crippen molar-refractivity contribution >= 4 is 22.6 Å². The highest BCUT2D eigenvalue weighted by Crippen LogP contribution is 2.28. The number of halogens is 2. The fourth-order valence-corrected chi connectivity index (χ4v) is 3.72. The number of rotatable bonds is 6. The zero-order valence-corrected chi connectivity index (χ0v) is 18.2. The molecule has 0 bridgehead atoms. The van der Waals surface area contributed by atoms with Gasteiger partial charge in [0, 0.05) is 35.6 Å². The van der Waals surface area contributed by atoms with E-state index in [-0.39, 0.29) is 11.5 Å². The second-order valence-corrected chi connectivity index (χ2v) is 7.83. The number of benzene rings is 3. The average Bonchev–Trinajstić information content (AvgIpc) is 3.42. The SMILES string of the molecule is Cn1nc(-c2cc(F)cc(F)c2)cc1NC(=O)c1cc2c(OCc3ccccc3)cccc2[nH]1. The maximum Gasteiger partial charge on any atom is 0.273 e. The molecule has 0 aliphatic carbocycles. The third kappa shape index (κ3) is 4.38. The fourth-order valence-electron chi connectivity index (χ4n) is 3.72. The summed E-state index contributed by atoms with van der Waals surface area (Å²) in [5, 5.41) is 7.83. The maximum absolute atomic E-state index is 13.6. The van der Waals surface area contributed by atoms with Crippen LogP contribution in [0.3, 0.4) is 0 Å². The minimum absolute atomic E-state index is 0.277. The van der Waals surface area contributed by atoms with E-state index in [1.54, 1.807) is 19.2 Å².